The molecule has 0 bridgehead atoms. The van der Waals surface area contributed by atoms with Crippen LogP contribution in [0.1, 0.15) is 19.3 Å². The van der Waals surface area contributed by atoms with Gasteiger partial charge in [0.25, 0.3) is 11.4 Å². The number of nitrogens with one attached hydrogen (secondary N) is 1. The van der Waals surface area contributed by atoms with Gasteiger partial charge in [0.1, 0.15) is 5.82 Å². The van der Waals surface area contributed by atoms with Crippen LogP contribution in [-0.2, 0) is 0 Å². The van der Waals surface area contributed by atoms with E-state index < -0.39 is 10.7 Å². The lowest BCUT2D eigenvalue weighted by Gasteiger charge is -2.21. The molecule has 0 radical (unpaired) electrons. The Balaban J connectivity index is 0.000000355. The van der Waals surface area contributed by atoms with Gasteiger partial charge < -0.3 is 35.6 Å². The van der Waals surface area contributed by atoms with E-state index in [1.54, 1.807) is 12.1 Å². The molecule has 290 valence electrons. The average molecular weight is 769 g/mol. The lowest BCUT2D eigenvalue weighted by Crippen LogP contribution is -2.31. The van der Waals surface area contributed by atoms with Crippen LogP contribution in [0.2, 0.25) is 0 Å². The second kappa shape index (κ2) is 23.0. The summed E-state index contributed by atoms with van der Waals surface area (Å²) in [5, 5.41) is 23.9. The van der Waals surface area contributed by atoms with Crippen molar-refractivity contribution in [2.24, 2.45) is 0 Å². The Morgan fingerprint density at radius 2 is 1.04 bits per heavy atom. The molecule has 3 heterocycles. The molecule has 16 heteroatoms. The third kappa shape index (κ3) is 15.1. The highest BCUT2D eigenvalue weighted by atomic mass is 35.5. The van der Waals surface area contributed by atoms with Crippen LogP contribution in [0.3, 0.4) is 0 Å². The van der Waals surface area contributed by atoms with E-state index in [4.69, 9.17) is 5.73 Å². The summed E-state index contributed by atoms with van der Waals surface area (Å²) in [6, 6.07) is 21.3. The van der Waals surface area contributed by atoms with Crippen LogP contribution >= 0.6 is 24.8 Å². The zero-order valence-electron chi connectivity index (χ0n) is 31.1. The molecule has 6 rings (SSSR count). The molecular weight excluding hydrogens is 712 g/mol. The number of hydrogen-bond donors (Lipinski definition) is 2. The number of non-ortho nitro benzene ring substituents is 2. The van der Waals surface area contributed by atoms with Gasteiger partial charge in [0.2, 0.25) is 0 Å². The highest BCUT2D eigenvalue weighted by Gasteiger charge is 2.25. The van der Waals surface area contributed by atoms with Gasteiger partial charge in [0.05, 0.1) is 9.85 Å². The molecule has 3 N–H and O–H groups in total. The number of benzene rings is 3. The van der Waals surface area contributed by atoms with Crippen molar-refractivity contribution in [3.8, 4) is 0 Å². The lowest BCUT2D eigenvalue weighted by atomic mass is 10.2. The van der Waals surface area contributed by atoms with E-state index >= 15 is 0 Å². The fourth-order valence-corrected chi connectivity index (χ4v) is 5.91. The molecule has 3 saturated heterocycles. The third-order valence-electron chi connectivity index (χ3n) is 9.27. The molecule has 0 aromatic heterocycles. The van der Waals surface area contributed by atoms with Gasteiger partial charge in [-0.3, -0.25) is 20.2 Å². The number of likely N-dealkylation sites (N-methyl/N-ethyl adjacent to an activating group) is 3. The first-order valence-electron chi connectivity index (χ1n) is 16.9. The molecule has 0 spiro atoms. The summed E-state index contributed by atoms with van der Waals surface area (Å²) < 4.78 is 12.1. The van der Waals surface area contributed by atoms with Gasteiger partial charge >= 0.3 is 0 Å². The van der Waals surface area contributed by atoms with E-state index in [9.17, 15) is 24.6 Å². The zero-order valence-corrected chi connectivity index (χ0v) is 32.7. The van der Waals surface area contributed by atoms with Crippen LogP contribution in [0, 0.1) is 26.0 Å². The van der Waals surface area contributed by atoms with Gasteiger partial charge in [-0.25, -0.2) is 4.39 Å². The monoisotopic (exact) mass is 767 g/mol. The largest absolute Gasteiger partial charge is 0.399 e. The van der Waals surface area contributed by atoms with E-state index in [0.717, 1.165) is 74.3 Å². The predicted molar refractivity (Wildman–Crippen MR) is 215 cm³/mol. The third-order valence-corrected chi connectivity index (χ3v) is 9.27. The number of nitro benzene ring substituents is 2. The summed E-state index contributed by atoms with van der Waals surface area (Å²) >= 11 is 0. The smallest absolute Gasteiger partial charge is 0.269 e. The van der Waals surface area contributed by atoms with Crippen molar-refractivity contribution in [1.29, 1.82) is 0 Å². The number of hydrogen-bond acceptors (Lipinski definition) is 11. The lowest BCUT2D eigenvalue weighted by molar-refractivity contribution is -0.385. The quantitative estimate of drug-likeness (QED) is 0.176. The molecule has 3 unspecified atom stereocenters. The van der Waals surface area contributed by atoms with Crippen LogP contribution < -0.4 is 20.9 Å². The van der Waals surface area contributed by atoms with Gasteiger partial charge in [0, 0.05) is 92.2 Å². The maximum absolute atomic E-state index is 12.1. The molecule has 3 aromatic rings. The molecule has 3 aliphatic rings. The molecule has 3 aromatic carbocycles. The molecule has 13 nitrogen and oxygen atoms in total. The first-order valence-corrected chi connectivity index (χ1v) is 16.9. The van der Waals surface area contributed by atoms with Crippen LogP contribution in [0.4, 0.5) is 32.8 Å². The summed E-state index contributed by atoms with van der Waals surface area (Å²) in [5.74, 6) is -0.467. The Labute approximate surface area is 320 Å². The zero-order chi connectivity index (χ0) is 36.8. The van der Waals surface area contributed by atoms with Crippen molar-refractivity contribution >= 4 is 53.3 Å². The number of halogens is 3. The number of nitrogens with zero attached hydrogens (tertiary/aromatic N) is 7. The highest BCUT2D eigenvalue weighted by Crippen LogP contribution is 2.25. The second-order valence-corrected chi connectivity index (χ2v) is 13.4. The Bertz CT molecular complexity index is 1460. The molecule has 0 saturated carbocycles. The molecule has 0 aliphatic carbocycles. The van der Waals surface area contributed by atoms with Gasteiger partial charge in [0.15, 0.2) is 0 Å². The number of anilines is 3. The van der Waals surface area contributed by atoms with Crippen LogP contribution in [-0.4, -0.2) is 124 Å². The summed E-state index contributed by atoms with van der Waals surface area (Å²) in [5.41, 5.74) is 8.92. The number of rotatable bonds is 7. The van der Waals surface area contributed by atoms with Crippen molar-refractivity contribution < 1.29 is 14.2 Å². The van der Waals surface area contributed by atoms with Gasteiger partial charge in [-0.05, 0) is 117 Å². The number of nitrogen functional groups attached to an aromatic ring is 1. The van der Waals surface area contributed by atoms with Crippen molar-refractivity contribution in [2.75, 3.05) is 97.1 Å². The second-order valence-electron chi connectivity index (χ2n) is 13.4. The Morgan fingerprint density at radius 3 is 1.35 bits per heavy atom. The van der Waals surface area contributed by atoms with Crippen LogP contribution in [0.15, 0.2) is 72.8 Å². The Hall–Kier alpha value is -3.79. The minimum atomic E-state index is -0.570. The SMILES string of the molecule is CN(C)C1CCN(c2ccc(N)cc2)C1.CN(C)C1CCN(c2ccc([N+](=O)[O-])cc2)C1.CN(C)C1CCNC1.Cl.Cl.O=[N+]([O-])c1ccc(F)cc1. The summed E-state index contributed by atoms with van der Waals surface area (Å²) in [4.78, 5) is 31.1. The first kappa shape index (κ1) is 46.2. The molecular formula is C36H56Cl2FN9O4. The molecule has 3 fully saturated rings. The molecule has 3 aliphatic heterocycles. The van der Waals surface area contributed by atoms with Gasteiger partial charge in [-0.2, -0.15) is 0 Å². The summed E-state index contributed by atoms with van der Waals surface area (Å²) in [6.07, 6.45) is 3.70. The predicted octanol–water partition coefficient (Wildman–Crippen LogP) is 5.63. The minimum absolute atomic E-state index is 0. The van der Waals surface area contributed by atoms with Crippen LogP contribution in [0.25, 0.3) is 0 Å². The fourth-order valence-electron chi connectivity index (χ4n) is 5.91. The van der Waals surface area contributed by atoms with Crippen molar-refractivity contribution in [2.45, 2.75) is 37.4 Å². The normalized spacial score (nSPS) is 19.0. The average Bonchev–Trinajstić information content (AvgIpc) is 3.89. The topological polar surface area (TPSA) is 141 Å². The standard InChI is InChI=1S/C12H17N3O2.C12H19N3.C6H4FNO2.C6H14N2.2ClH/c1-13(2)12-7-8-14(9-12)10-3-5-11(6-4-10)15(16)17;1-14(2)12-7-8-15(9-12)11-5-3-10(13)4-6-11;7-5-1-3-6(4-2-5)8(9)10;1-8(2)6-3-4-7-5-6;;/h3-6,12H,7-9H2,1-2H3;3-6,12H,7-9,13H2,1-2H3;1-4H;6-7H,3-5H2,1-2H3;2*1H. The minimum Gasteiger partial charge on any atom is -0.399 e. The maximum Gasteiger partial charge on any atom is 0.269 e. The maximum atomic E-state index is 12.1. The number of nitro groups is 2. The molecule has 52 heavy (non-hydrogen) atoms. The van der Waals surface area contributed by atoms with Crippen molar-refractivity contribution in [3.63, 3.8) is 0 Å². The Kier molecular flexibility index (Phi) is 20.4. The van der Waals surface area contributed by atoms with Gasteiger partial charge in [-0.15, -0.1) is 24.8 Å². The van der Waals surface area contributed by atoms with E-state index in [1.807, 2.05) is 24.3 Å². The Morgan fingerprint density at radius 1 is 0.654 bits per heavy atom. The van der Waals surface area contributed by atoms with Crippen LogP contribution in [0.5, 0.6) is 0 Å². The summed E-state index contributed by atoms with van der Waals surface area (Å²) in [7, 11) is 12.7. The summed E-state index contributed by atoms with van der Waals surface area (Å²) in [6.45, 7) is 6.64. The fraction of sp³-hybridized carbons (Fsp3) is 0.500. The van der Waals surface area contributed by atoms with Crippen molar-refractivity contribution in [3.05, 3.63) is 98.8 Å². The van der Waals surface area contributed by atoms with Crippen molar-refractivity contribution in [1.82, 2.24) is 20.0 Å². The highest BCUT2D eigenvalue weighted by molar-refractivity contribution is 5.85. The van der Waals surface area contributed by atoms with E-state index in [-0.39, 0.29) is 41.1 Å². The first-order chi connectivity index (χ1) is 23.7. The number of nitrogens with two attached hydrogens (primary N) is 1. The molecule has 0 amide bonds. The van der Waals surface area contributed by atoms with E-state index in [0.29, 0.717) is 12.1 Å². The van der Waals surface area contributed by atoms with E-state index in [2.05, 4.69) is 84.2 Å². The molecule has 3 atom stereocenters. The van der Waals surface area contributed by atoms with Gasteiger partial charge in [-0.1, -0.05) is 0 Å². The van der Waals surface area contributed by atoms with E-state index in [1.165, 1.54) is 31.6 Å².